The molecule has 0 amide bonds. The van der Waals surface area contributed by atoms with Crippen molar-refractivity contribution in [2.75, 3.05) is 14.2 Å². The van der Waals surface area contributed by atoms with E-state index in [1.807, 2.05) is 24.3 Å². The summed E-state index contributed by atoms with van der Waals surface area (Å²) in [5, 5.41) is 0. The third kappa shape index (κ3) is 2.75. The number of methoxy groups -OCH3 is 2. The summed E-state index contributed by atoms with van der Waals surface area (Å²) in [5.41, 5.74) is 1.19. The second-order valence-electron chi connectivity index (χ2n) is 3.75. The summed E-state index contributed by atoms with van der Waals surface area (Å²) in [5.74, 6) is 1.22. The fourth-order valence-corrected chi connectivity index (χ4v) is 1.64. The van der Waals surface area contributed by atoms with Crippen molar-refractivity contribution in [3.8, 4) is 17.1 Å². The molecule has 1 aromatic carbocycles. The van der Waals surface area contributed by atoms with Gasteiger partial charge >= 0.3 is 0 Å². The normalized spacial score (nSPS) is 10.3. The molecule has 0 bridgehead atoms. The SMILES string of the molecule is COCc1cc(=O)[nH]c(-c2cccc(OC)c2)n1. The summed E-state index contributed by atoms with van der Waals surface area (Å²) in [6, 6.07) is 8.77. The Balaban J connectivity index is 2.45. The molecular formula is C13H14N2O3. The van der Waals surface area contributed by atoms with Gasteiger partial charge in [-0.15, -0.1) is 0 Å². The van der Waals surface area contributed by atoms with Gasteiger partial charge in [-0.2, -0.15) is 0 Å². The van der Waals surface area contributed by atoms with E-state index in [4.69, 9.17) is 9.47 Å². The lowest BCUT2D eigenvalue weighted by molar-refractivity contribution is 0.181. The average molecular weight is 246 g/mol. The Hall–Kier alpha value is -2.14. The Morgan fingerprint density at radius 3 is 2.83 bits per heavy atom. The minimum atomic E-state index is -0.199. The highest BCUT2D eigenvalue weighted by molar-refractivity contribution is 5.57. The van der Waals surface area contributed by atoms with Crippen LogP contribution in [0.25, 0.3) is 11.4 Å². The Labute approximate surface area is 104 Å². The fraction of sp³-hybridized carbons (Fsp3) is 0.231. The number of H-pyrrole nitrogens is 1. The second-order valence-corrected chi connectivity index (χ2v) is 3.75. The first-order valence-corrected chi connectivity index (χ1v) is 5.46. The predicted molar refractivity (Wildman–Crippen MR) is 67.6 cm³/mol. The van der Waals surface area contributed by atoms with E-state index >= 15 is 0 Å². The zero-order valence-electron chi connectivity index (χ0n) is 10.3. The maximum atomic E-state index is 11.5. The van der Waals surface area contributed by atoms with Gasteiger partial charge in [0.15, 0.2) is 0 Å². The molecular weight excluding hydrogens is 232 g/mol. The highest BCUT2D eigenvalue weighted by atomic mass is 16.5. The van der Waals surface area contributed by atoms with Crippen LogP contribution in [0.2, 0.25) is 0 Å². The summed E-state index contributed by atoms with van der Waals surface area (Å²) in [6.07, 6.45) is 0. The maximum Gasteiger partial charge on any atom is 0.251 e. The summed E-state index contributed by atoms with van der Waals surface area (Å²) in [7, 11) is 3.16. The molecule has 0 radical (unpaired) electrons. The molecule has 2 aromatic rings. The molecule has 1 heterocycles. The highest BCUT2D eigenvalue weighted by Gasteiger charge is 2.05. The summed E-state index contributed by atoms with van der Waals surface area (Å²) in [4.78, 5) is 18.6. The molecule has 5 heteroatoms. The minimum Gasteiger partial charge on any atom is -0.497 e. The molecule has 5 nitrogen and oxygen atoms in total. The van der Waals surface area contributed by atoms with Gasteiger partial charge in [-0.3, -0.25) is 4.79 Å². The van der Waals surface area contributed by atoms with Gasteiger partial charge in [0.05, 0.1) is 19.4 Å². The molecule has 0 aliphatic carbocycles. The van der Waals surface area contributed by atoms with Crippen LogP contribution < -0.4 is 10.3 Å². The third-order valence-electron chi connectivity index (χ3n) is 2.43. The van der Waals surface area contributed by atoms with E-state index in [9.17, 15) is 4.79 Å². The van der Waals surface area contributed by atoms with Crippen LogP contribution in [0, 0.1) is 0 Å². The van der Waals surface area contributed by atoms with Gasteiger partial charge in [-0.25, -0.2) is 4.98 Å². The van der Waals surface area contributed by atoms with Gasteiger partial charge in [0.1, 0.15) is 11.6 Å². The zero-order chi connectivity index (χ0) is 13.0. The number of aromatic amines is 1. The highest BCUT2D eigenvalue weighted by Crippen LogP contribution is 2.19. The Bertz CT molecular complexity index is 593. The van der Waals surface area contributed by atoms with Crippen LogP contribution in [0.4, 0.5) is 0 Å². The lowest BCUT2D eigenvalue weighted by Crippen LogP contribution is -2.10. The molecule has 0 aliphatic rings. The molecule has 94 valence electrons. The van der Waals surface area contributed by atoms with Crippen molar-refractivity contribution >= 4 is 0 Å². The molecule has 0 spiro atoms. The number of aromatic nitrogens is 2. The molecule has 0 saturated carbocycles. The van der Waals surface area contributed by atoms with Crippen LogP contribution in [0.15, 0.2) is 35.1 Å². The molecule has 0 aliphatic heterocycles. The van der Waals surface area contributed by atoms with Gasteiger partial charge in [-0.05, 0) is 12.1 Å². The second kappa shape index (κ2) is 5.46. The number of benzene rings is 1. The van der Waals surface area contributed by atoms with Crippen molar-refractivity contribution in [3.05, 3.63) is 46.4 Å². The van der Waals surface area contributed by atoms with Gasteiger partial charge in [-0.1, -0.05) is 12.1 Å². The molecule has 0 fully saturated rings. The molecule has 1 N–H and O–H groups in total. The van der Waals surface area contributed by atoms with E-state index in [1.165, 1.54) is 6.07 Å². The van der Waals surface area contributed by atoms with Crippen LogP contribution in [-0.4, -0.2) is 24.2 Å². The van der Waals surface area contributed by atoms with Crippen LogP contribution in [0.1, 0.15) is 5.69 Å². The number of ether oxygens (including phenoxy) is 2. The van der Waals surface area contributed by atoms with E-state index in [0.717, 1.165) is 5.56 Å². The smallest absolute Gasteiger partial charge is 0.251 e. The molecule has 0 saturated heterocycles. The standard InChI is InChI=1S/C13H14N2O3/c1-17-8-10-7-12(16)15-13(14-10)9-4-3-5-11(6-9)18-2/h3-7H,8H2,1-2H3,(H,14,15,16). The van der Waals surface area contributed by atoms with Crippen molar-refractivity contribution in [3.63, 3.8) is 0 Å². The minimum absolute atomic E-state index is 0.199. The van der Waals surface area contributed by atoms with Crippen molar-refractivity contribution < 1.29 is 9.47 Å². The van der Waals surface area contributed by atoms with Crippen molar-refractivity contribution in [2.45, 2.75) is 6.61 Å². The first-order valence-electron chi connectivity index (χ1n) is 5.46. The number of nitrogens with one attached hydrogen (secondary N) is 1. The summed E-state index contributed by atoms with van der Waals surface area (Å²) < 4.78 is 10.1. The van der Waals surface area contributed by atoms with Gasteiger partial charge in [0.2, 0.25) is 0 Å². The first kappa shape index (κ1) is 12.3. The van der Waals surface area contributed by atoms with Crippen LogP contribution >= 0.6 is 0 Å². The fourth-order valence-electron chi connectivity index (χ4n) is 1.64. The summed E-state index contributed by atoms with van der Waals surface area (Å²) in [6.45, 7) is 0.306. The molecule has 0 unspecified atom stereocenters. The Kier molecular flexibility index (Phi) is 3.74. The predicted octanol–water partition coefficient (Wildman–Crippen LogP) is 1.59. The number of rotatable bonds is 4. The summed E-state index contributed by atoms with van der Waals surface area (Å²) >= 11 is 0. The Morgan fingerprint density at radius 2 is 2.11 bits per heavy atom. The number of hydrogen-bond donors (Lipinski definition) is 1. The van der Waals surface area contributed by atoms with Crippen molar-refractivity contribution in [1.82, 2.24) is 9.97 Å². The van der Waals surface area contributed by atoms with Gasteiger partial charge in [0.25, 0.3) is 5.56 Å². The van der Waals surface area contributed by atoms with E-state index < -0.39 is 0 Å². The van der Waals surface area contributed by atoms with Crippen LogP contribution in [0.5, 0.6) is 5.75 Å². The lowest BCUT2D eigenvalue weighted by Gasteiger charge is -2.05. The van der Waals surface area contributed by atoms with Crippen LogP contribution in [0.3, 0.4) is 0 Å². The monoisotopic (exact) mass is 246 g/mol. The number of hydrogen-bond acceptors (Lipinski definition) is 4. The third-order valence-corrected chi connectivity index (χ3v) is 2.43. The maximum absolute atomic E-state index is 11.5. The van der Waals surface area contributed by atoms with E-state index in [-0.39, 0.29) is 5.56 Å². The van der Waals surface area contributed by atoms with Crippen LogP contribution in [-0.2, 0) is 11.3 Å². The molecule has 1 aromatic heterocycles. The zero-order valence-corrected chi connectivity index (χ0v) is 10.3. The van der Waals surface area contributed by atoms with Crippen molar-refractivity contribution in [1.29, 1.82) is 0 Å². The lowest BCUT2D eigenvalue weighted by atomic mass is 10.2. The topological polar surface area (TPSA) is 64.2 Å². The number of nitrogens with zero attached hydrogens (tertiary/aromatic N) is 1. The van der Waals surface area contributed by atoms with E-state index in [2.05, 4.69) is 9.97 Å². The average Bonchev–Trinajstić information content (AvgIpc) is 2.38. The van der Waals surface area contributed by atoms with Gasteiger partial charge in [0, 0.05) is 18.7 Å². The quantitative estimate of drug-likeness (QED) is 0.889. The molecule has 2 rings (SSSR count). The molecule has 18 heavy (non-hydrogen) atoms. The Morgan fingerprint density at radius 1 is 1.28 bits per heavy atom. The van der Waals surface area contributed by atoms with Gasteiger partial charge < -0.3 is 14.5 Å². The molecule has 0 atom stereocenters. The van der Waals surface area contributed by atoms with E-state index in [0.29, 0.717) is 23.9 Å². The first-order chi connectivity index (χ1) is 8.72. The van der Waals surface area contributed by atoms with Crippen molar-refractivity contribution in [2.24, 2.45) is 0 Å². The largest absolute Gasteiger partial charge is 0.497 e. The van der Waals surface area contributed by atoms with E-state index in [1.54, 1.807) is 14.2 Å².